The Bertz CT molecular complexity index is 947. The number of aryl methyl sites for hydroxylation is 1. The molecule has 134 valence electrons. The highest BCUT2D eigenvalue weighted by atomic mass is 32.2. The van der Waals surface area contributed by atoms with Gasteiger partial charge in [0.15, 0.2) is 0 Å². The first kappa shape index (κ1) is 18.1. The van der Waals surface area contributed by atoms with Crippen molar-refractivity contribution >= 4 is 21.6 Å². The molecule has 0 fully saturated rings. The number of anilines is 1. The molecule has 0 radical (unpaired) electrons. The summed E-state index contributed by atoms with van der Waals surface area (Å²) < 4.78 is 26.6. The number of para-hydroxylation sites is 1. The first-order valence-electron chi connectivity index (χ1n) is 8.39. The number of fused-ring (bicyclic) bond motifs is 1. The first-order chi connectivity index (χ1) is 12.5. The second kappa shape index (κ2) is 7.68. The summed E-state index contributed by atoms with van der Waals surface area (Å²) in [6.07, 6.45) is 1.95. The molecule has 0 atom stereocenters. The number of carbonyl (C=O) groups excluding carboxylic acids is 1. The maximum atomic E-state index is 12.9. The molecule has 0 spiro atoms. The number of nitrogens with one attached hydrogen (secondary N) is 1. The number of amides is 1. The third-order valence-corrected chi connectivity index (χ3v) is 5.77. The molecule has 0 bridgehead atoms. The fraction of sp³-hybridized carbons (Fsp3) is 0.263. The van der Waals surface area contributed by atoms with Gasteiger partial charge in [-0.3, -0.25) is 4.79 Å². The first-order valence-corrected chi connectivity index (χ1v) is 9.88. The molecule has 26 heavy (non-hydrogen) atoms. The van der Waals surface area contributed by atoms with E-state index in [2.05, 4.69) is 4.72 Å². The minimum absolute atomic E-state index is 0.0596. The Hall–Kier alpha value is -2.69. The molecule has 6 nitrogen and oxygen atoms in total. The molecule has 0 aliphatic carbocycles. The molecule has 0 aromatic heterocycles. The molecule has 0 saturated heterocycles. The van der Waals surface area contributed by atoms with Gasteiger partial charge in [0, 0.05) is 30.8 Å². The predicted octanol–water partition coefficient (Wildman–Crippen LogP) is 2.47. The van der Waals surface area contributed by atoms with E-state index in [0.717, 1.165) is 24.1 Å². The maximum absolute atomic E-state index is 12.9. The summed E-state index contributed by atoms with van der Waals surface area (Å²) in [5.74, 6) is -0.140. The summed E-state index contributed by atoms with van der Waals surface area (Å²) in [5, 5.41) is 8.50. The highest BCUT2D eigenvalue weighted by molar-refractivity contribution is 7.89. The molecule has 0 saturated carbocycles. The zero-order chi connectivity index (χ0) is 18.6. The van der Waals surface area contributed by atoms with Gasteiger partial charge in [-0.15, -0.1) is 0 Å². The third-order valence-electron chi connectivity index (χ3n) is 4.30. The lowest BCUT2D eigenvalue weighted by Gasteiger charge is -2.29. The molecule has 2 aromatic carbocycles. The molecular weight excluding hydrogens is 350 g/mol. The average Bonchev–Trinajstić information content (AvgIpc) is 2.67. The van der Waals surface area contributed by atoms with Crippen LogP contribution in [0.25, 0.3) is 0 Å². The Kier molecular flexibility index (Phi) is 5.35. The Labute approximate surface area is 153 Å². The minimum atomic E-state index is -3.67. The lowest BCUT2D eigenvalue weighted by atomic mass is 10.0. The number of sulfonamides is 1. The fourth-order valence-electron chi connectivity index (χ4n) is 3.00. The van der Waals surface area contributed by atoms with Crippen molar-refractivity contribution in [2.75, 3.05) is 18.0 Å². The standard InChI is InChI=1S/C19H19N3O3S/c20-12-4-13-21-26(24,25)17-10-8-16(9-11-17)19(23)22-14-3-6-15-5-1-2-7-18(15)22/h1-2,5,7-11,21H,3-4,6,13-14H2. The number of hydrogen-bond acceptors (Lipinski definition) is 4. The van der Waals surface area contributed by atoms with E-state index in [-0.39, 0.29) is 23.8 Å². The Morgan fingerprint density at radius 3 is 2.62 bits per heavy atom. The van der Waals surface area contributed by atoms with Gasteiger partial charge in [-0.05, 0) is 48.7 Å². The van der Waals surface area contributed by atoms with Gasteiger partial charge in [0.05, 0.1) is 11.0 Å². The van der Waals surface area contributed by atoms with E-state index >= 15 is 0 Å². The second-order valence-corrected chi connectivity index (χ2v) is 7.79. The van der Waals surface area contributed by atoms with E-state index in [1.54, 1.807) is 4.90 Å². The van der Waals surface area contributed by atoms with Crippen LogP contribution in [0.5, 0.6) is 0 Å². The van der Waals surface area contributed by atoms with Gasteiger partial charge >= 0.3 is 0 Å². The van der Waals surface area contributed by atoms with Crippen molar-refractivity contribution < 1.29 is 13.2 Å². The monoisotopic (exact) mass is 369 g/mol. The van der Waals surface area contributed by atoms with Crippen molar-refractivity contribution in [1.82, 2.24) is 4.72 Å². The number of carbonyl (C=O) groups is 1. The van der Waals surface area contributed by atoms with E-state index < -0.39 is 10.0 Å². The Morgan fingerprint density at radius 2 is 1.88 bits per heavy atom. The zero-order valence-electron chi connectivity index (χ0n) is 14.2. The molecule has 2 aromatic rings. The van der Waals surface area contributed by atoms with Crippen molar-refractivity contribution in [1.29, 1.82) is 5.26 Å². The van der Waals surface area contributed by atoms with Crippen molar-refractivity contribution in [2.45, 2.75) is 24.2 Å². The van der Waals surface area contributed by atoms with Crippen molar-refractivity contribution in [3.05, 3.63) is 59.7 Å². The molecular formula is C19H19N3O3S. The summed E-state index contributed by atoms with van der Waals surface area (Å²) in [6, 6.07) is 15.6. The van der Waals surface area contributed by atoms with Gasteiger partial charge in [-0.25, -0.2) is 13.1 Å². The molecule has 1 aliphatic heterocycles. The van der Waals surface area contributed by atoms with E-state index in [4.69, 9.17) is 5.26 Å². The Balaban J connectivity index is 1.79. The normalized spacial score (nSPS) is 13.7. The highest BCUT2D eigenvalue weighted by Crippen LogP contribution is 2.28. The largest absolute Gasteiger partial charge is 0.308 e. The summed E-state index contributed by atoms with van der Waals surface area (Å²) in [7, 11) is -3.67. The van der Waals surface area contributed by atoms with Crippen LogP contribution < -0.4 is 9.62 Å². The topological polar surface area (TPSA) is 90.3 Å². The van der Waals surface area contributed by atoms with Gasteiger partial charge in [-0.2, -0.15) is 5.26 Å². The van der Waals surface area contributed by atoms with Crippen molar-refractivity contribution in [3.8, 4) is 6.07 Å². The van der Waals surface area contributed by atoms with E-state index in [1.165, 1.54) is 24.3 Å². The van der Waals surface area contributed by atoms with Gasteiger partial charge in [-0.1, -0.05) is 18.2 Å². The smallest absolute Gasteiger partial charge is 0.258 e. The van der Waals surface area contributed by atoms with Crippen LogP contribution in [0.3, 0.4) is 0 Å². The van der Waals surface area contributed by atoms with Gasteiger partial charge < -0.3 is 4.90 Å². The van der Waals surface area contributed by atoms with E-state index in [0.29, 0.717) is 12.1 Å². The summed E-state index contributed by atoms with van der Waals surface area (Å²) in [4.78, 5) is 14.7. The molecule has 7 heteroatoms. The van der Waals surface area contributed by atoms with Gasteiger partial charge in [0.25, 0.3) is 5.91 Å². The highest BCUT2D eigenvalue weighted by Gasteiger charge is 2.23. The lowest BCUT2D eigenvalue weighted by Crippen LogP contribution is -2.35. The minimum Gasteiger partial charge on any atom is -0.308 e. The van der Waals surface area contributed by atoms with Gasteiger partial charge in [0.2, 0.25) is 10.0 Å². The fourth-order valence-corrected chi connectivity index (χ4v) is 4.03. The van der Waals surface area contributed by atoms with Crippen LogP contribution in [0.2, 0.25) is 0 Å². The molecule has 1 amide bonds. The van der Waals surface area contributed by atoms with Crippen LogP contribution >= 0.6 is 0 Å². The SMILES string of the molecule is N#CCCNS(=O)(=O)c1ccc(C(=O)N2CCCc3ccccc32)cc1. The molecule has 0 unspecified atom stereocenters. The number of hydrogen-bond donors (Lipinski definition) is 1. The summed E-state index contributed by atoms with van der Waals surface area (Å²) >= 11 is 0. The van der Waals surface area contributed by atoms with Gasteiger partial charge in [0.1, 0.15) is 0 Å². The van der Waals surface area contributed by atoms with Crippen LogP contribution in [0.4, 0.5) is 5.69 Å². The van der Waals surface area contributed by atoms with Crippen molar-refractivity contribution in [2.24, 2.45) is 0 Å². The lowest BCUT2D eigenvalue weighted by molar-refractivity contribution is 0.0985. The van der Waals surface area contributed by atoms with Crippen molar-refractivity contribution in [3.63, 3.8) is 0 Å². The summed E-state index contributed by atoms with van der Waals surface area (Å²) in [6.45, 7) is 0.704. The van der Waals surface area contributed by atoms with Crippen LogP contribution in [0, 0.1) is 11.3 Å². The average molecular weight is 369 g/mol. The maximum Gasteiger partial charge on any atom is 0.258 e. The van der Waals surface area contributed by atoms with E-state index in [1.807, 2.05) is 30.3 Å². The third kappa shape index (κ3) is 3.77. The van der Waals surface area contributed by atoms with Crippen LogP contribution in [0.15, 0.2) is 53.4 Å². The molecule has 1 N–H and O–H groups in total. The number of benzene rings is 2. The quantitative estimate of drug-likeness (QED) is 0.820. The second-order valence-electron chi connectivity index (χ2n) is 6.02. The predicted molar refractivity (Wildman–Crippen MR) is 98.3 cm³/mol. The summed E-state index contributed by atoms with van der Waals surface area (Å²) in [5.41, 5.74) is 2.50. The molecule has 1 heterocycles. The molecule has 1 aliphatic rings. The number of nitriles is 1. The van der Waals surface area contributed by atoms with Crippen LogP contribution in [0.1, 0.15) is 28.8 Å². The van der Waals surface area contributed by atoms with E-state index in [9.17, 15) is 13.2 Å². The van der Waals surface area contributed by atoms with Crippen LogP contribution in [-0.4, -0.2) is 27.4 Å². The number of nitrogens with zero attached hydrogens (tertiary/aromatic N) is 2. The van der Waals surface area contributed by atoms with Crippen LogP contribution in [-0.2, 0) is 16.4 Å². The molecule has 3 rings (SSSR count). The zero-order valence-corrected chi connectivity index (χ0v) is 15.0. The Morgan fingerprint density at radius 1 is 1.15 bits per heavy atom. The number of rotatable bonds is 5.